The molecule has 0 amide bonds. The van der Waals surface area contributed by atoms with Crippen LogP contribution in [-0.2, 0) is 10.0 Å². The Hall–Kier alpha value is -1.06. The minimum atomic E-state index is -3.71. The molecule has 0 saturated carbocycles. The molecule has 21 heavy (non-hydrogen) atoms. The molecule has 0 fully saturated rings. The number of halogens is 2. The van der Waals surface area contributed by atoms with Gasteiger partial charge in [0.25, 0.3) is 10.0 Å². The summed E-state index contributed by atoms with van der Waals surface area (Å²) in [6.07, 6.45) is 1.31. The highest BCUT2D eigenvalue weighted by molar-refractivity contribution is 14.1. The second kappa shape index (κ2) is 6.80. The van der Waals surface area contributed by atoms with E-state index in [2.05, 4.69) is 37.6 Å². The average Bonchev–Trinajstić information content (AvgIpc) is 2.43. The Morgan fingerprint density at radius 2 is 2.05 bits per heavy atom. The minimum absolute atomic E-state index is 0.0822. The average molecular weight is 438 g/mol. The molecule has 0 aliphatic heterocycles. The third kappa shape index (κ3) is 4.21. The van der Waals surface area contributed by atoms with E-state index in [0.29, 0.717) is 16.5 Å². The second-order valence-corrected chi connectivity index (χ2v) is 7.47. The number of rotatable bonds is 5. The topological polar surface area (TPSA) is 71.1 Å². The summed E-state index contributed by atoms with van der Waals surface area (Å²) in [4.78, 5) is 4.13. The first-order valence-electron chi connectivity index (χ1n) is 6.10. The van der Waals surface area contributed by atoms with E-state index >= 15 is 0 Å². The van der Waals surface area contributed by atoms with E-state index in [4.69, 9.17) is 11.6 Å². The van der Waals surface area contributed by atoms with Crippen LogP contribution in [0.5, 0.6) is 0 Å². The summed E-state index contributed by atoms with van der Waals surface area (Å²) >= 11 is 8.14. The summed E-state index contributed by atoms with van der Waals surface area (Å²) in [6.45, 7) is 2.66. The van der Waals surface area contributed by atoms with Crippen molar-refractivity contribution >= 4 is 55.7 Å². The van der Waals surface area contributed by atoms with Crippen molar-refractivity contribution in [3.05, 3.63) is 45.1 Å². The van der Waals surface area contributed by atoms with Gasteiger partial charge in [-0.25, -0.2) is 13.4 Å². The number of anilines is 2. The van der Waals surface area contributed by atoms with Gasteiger partial charge in [-0.15, -0.1) is 0 Å². The van der Waals surface area contributed by atoms with Crippen LogP contribution in [0.2, 0.25) is 5.02 Å². The third-order valence-corrected chi connectivity index (χ3v) is 4.91. The van der Waals surface area contributed by atoms with E-state index in [1.165, 1.54) is 12.3 Å². The molecule has 112 valence electrons. The molecule has 2 aromatic rings. The molecule has 0 radical (unpaired) electrons. The molecule has 1 heterocycles. The number of nitrogens with zero attached hydrogens (tertiary/aromatic N) is 1. The normalized spacial score (nSPS) is 11.2. The lowest BCUT2D eigenvalue weighted by molar-refractivity contribution is 0.601. The standard InChI is InChI=1S/C13H13ClIN3O2S/c1-2-16-13-6-4-10(8-17-13)21(19,20)18-12-5-3-9(15)7-11(12)14/h3-8,18H,2H2,1H3,(H,16,17). The molecule has 0 unspecified atom stereocenters. The van der Waals surface area contributed by atoms with Crippen molar-refractivity contribution in [3.8, 4) is 0 Å². The maximum atomic E-state index is 12.3. The van der Waals surface area contributed by atoms with Gasteiger partial charge in [0.1, 0.15) is 10.7 Å². The molecule has 8 heteroatoms. The van der Waals surface area contributed by atoms with Crippen LogP contribution in [0.25, 0.3) is 0 Å². The van der Waals surface area contributed by atoms with Crippen molar-refractivity contribution in [2.24, 2.45) is 0 Å². The smallest absolute Gasteiger partial charge is 0.263 e. The monoisotopic (exact) mass is 437 g/mol. The molecule has 2 rings (SSSR count). The van der Waals surface area contributed by atoms with E-state index in [9.17, 15) is 8.42 Å². The molecule has 1 aromatic carbocycles. The molecular formula is C13H13ClIN3O2S. The predicted octanol–water partition coefficient (Wildman–Crippen LogP) is 3.57. The van der Waals surface area contributed by atoms with Gasteiger partial charge in [-0.05, 0) is 59.8 Å². The van der Waals surface area contributed by atoms with E-state index in [0.717, 1.165) is 10.1 Å². The van der Waals surface area contributed by atoms with Crippen LogP contribution in [0.4, 0.5) is 11.5 Å². The van der Waals surface area contributed by atoms with Crippen molar-refractivity contribution in [3.63, 3.8) is 0 Å². The maximum absolute atomic E-state index is 12.3. The lowest BCUT2D eigenvalue weighted by atomic mass is 10.3. The fourth-order valence-electron chi connectivity index (χ4n) is 1.60. The van der Waals surface area contributed by atoms with E-state index < -0.39 is 10.0 Å². The van der Waals surface area contributed by atoms with Gasteiger partial charge in [0.15, 0.2) is 0 Å². The Labute approximate surface area is 142 Å². The Morgan fingerprint density at radius 1 is 1.29 bits per heavy atom. The van der Waals surface area contributed by atoms with Crippen LogP contribution < -0.4 is 10.0 Å². The number of sulfonamides is 1. The van der Waals surface area contributed by atoms with Gasteiger partial charge in [0.05, 0.1) is 10.7 Å². The summed E-state index contributed by atoms with van der Waals surface area (Å²) in [6, 6.07) is 8.20. The van der Waals surface area contributed by atoms with Crippen LogP contribution in [-0.4, -0.2) is 19.9 Å². The zero-order valence-corrected chi connectivity index (χ0v) is 14.8. The second-order valence-electron chi connectivity index (χ2n) is 4.14. The van der Waals surface area contributed by atoms with E-state index in [1.54, 1.807) is 24.3 Å². The summed E-state index contributed by atoms with van der Waals surface area (Å²) in [5, 5.41) is 3.35. The molecule has 2 N–H and O–H groups in total. The molecule has 1 aromatic heterocycles. The summed E-state index contributed by atoms with van der Waals surface area (Å²) in [5.41, 5.74) is 0.341. The van der Waals surface area contributed by atoms with Crippen molar-refractivity contribution in [1.29, 1.82) is 0 Å². The first-order chi connectivity index (χ1) is 9.92. The van der Waals surface area contributed by atoms with Gasteiger partial charge in [-0.1, -0.05) is 11.6 Å². The highest BCUT2D eigenvalue weighted by Crippen LogP contribution is 2.26. The van der Waals surface area contributed by atoms with Gasteiger partial charge in [0, 0.05) is 16.3 Å². The molecule has 0 atom stereocenters. The lowest BCUT2D eigenvalue weighted by Crippen LogP contribution is -2.14. The highest BCUT2D eigenvalue weighted by Gasteiger charge is 2.16. The van der Waals surface area contributed by atoms with Gasteiger partial charge in [0.2, 0.25) is 0 Å². The third-order valence-electron chi connectivity index (χ3n) is 2.58. The van der Waals surface area contributed by atoms with E-state index in [-0.39, 0.29) is 4.90 Å². The number of hydrogen-bond acceptors (Lipinski definition) is 4. The molecular weight excluding hydrogens is 425 g/mol. The zero-order valence-electron chi connectivity index (χ0n) is 11.1. The number of nitrogens with one attached hydrogen (secondary N) is 2. The van der Waals surface area contributed by atoms with Crippen molar-refractivity contribution in [2.45, 2.75) is 11.8 Å². The molecule has 0 saturated heterocycles. The lowest BCUT2D eigenvalue weighted by Gasteiger charge is -2.10. The molecule has 0 spiro atoms. The van der Waals surface area contributed by atoms with Crippen molar-refractivity contribution in [1.82, 2.24) is 4.98 Å². The van der Waals surface area contributed by atoms with Gasteiger partial charge in [-0.3, -0.25) is 4.72 Å². The molecule has 0 aliphatic rings. The molecule has 0 bridgehead atoms. The molecule has 5 nitrogen and oxygen atoms in total. The summed E-state index contributed by atoms with van der Waals surface area (Å²) in [5.74, 6) is 0.628. The van der Waals surface area contributed by atoms with Gasteiger partial charge >= 0.3 is 0 Å². The Balaban J connectivity index is 2.25. The first kappa shape index (κ1) is 16.3. The maximum Gasteiger partial charge on any atom is 0.263 e. The number of aromatic nitrogens is 1. The Kier molecular flexibility index (Phi) is 5.28. The zero-order chi connectivity index (χ0) is 15.5. The Bertz CT molecular complexity index is 736. The van der Waals surface area contributed by atoms with Crippen LogP contribution in [0.3, 0.4) is 0 Å². The van der Waals surface area contributed by atoms with Crippen LogP contribution >= 0.6 is 34.2 Å². The fraction of sp³-hybridized carbons (Fsp3) is 0.154. The summed E-state index contributed by atoms with van der Waals surface area (Å²) in [7, 11) is -3.71. The van der Waals surface area contributed by atoms with Crippen LogP contribution in [0, 0.1) is 3.57 Å². The quantitative estimate of drug-likeness (QED) is 0.702. The predicted molar refractivity (Wildman–Crippen MR) is 93.4 cm³/mol. The van der Waals surface area contributed by atoms with Crippen molar-refractivity contribution in [2.75, 3.05) is 16.6 Å². The largest absolute Gasteiger partial charge is 0.370 e. The van der Waals surface area contributed by atoms with Crippen molar-refractivity contribution < 1.29 is 8.42 Å². The Morgan fingerprint density at radius 3 is 2.62 bits per heavy atom. The fourth-order valence-corrected chi connectivity index (χ4v) is 3.58. The first-order valence-corrected chi connectivity index (χ1v) is 9.04. The highest BCUT2D eigenvalue weighted by atomic mass is 127. The number of benzene rings is 1. The summed E-state index contributed by atoms with van der Waals surface area (Å²) < 4.78 is 27.9. The molecule has 0 aliphatic carbocycles. The van der Waals surface area contributed by atoms with Gasteiger partial charge in [-0.2, -0.15) is 0 Å². The van der Waals surface area contributed by atoms with Crippen LogP contribution in [0.1, 0.15) is 6.92 Å². The van der Waals surface area contributed by atoms with Crippen LogP contribution in [0.15, 0.2) is 41.4 Å². The van der Waals surface area contributed by atoms with Gasteiger partial charge < -0.3 is 5.32 Å². The minimum Gasteiger partial charge on any atom is -0.370 e. The van der Waals surface area contributed by atoms with E-state index in [1.807, 2.05) is 6.92 Å². The number of hydrogen-bond donors (Lipinski definition) is 2. The number of pyridine rings is 1. The SMILES string of the molecule is CCNc1ccc(S(=O)(=O)Nc2ccc(I)cc2Cl)cn1.